The zero-order valence-corrected chi connectivity index (χ0v) is 9.75. The molecule has 1 aliphatic heterocycles. The molecule has 0 aromatic rings. The Morgan fingerprint density at radius 2 is 2.00 bits per heavy atom. The SMILES string of the molecule is CCCC(C)C1CCN(C(C)=O)CC1. The predicted molar refractivity (Wildman–Crippen MR) is 59.1 cm³/mol. The van der Waals surface area contributed by atoms with Crippen LogP contribution >= 0.6 is 0 Å². The first-order valence-electron chi connectivity index (χ1n) is 5.90. The third-order valence-corrected chi connectivity index (χ3v) is 3.53. The summed E-state index contributed by atoms with van der Waals surface area (Å²) in [6.45, 7) is 8.25. The van der Waals surface area contributed by atoms with E-state index in [1.807, 2.05) is 4.90 Å². The molecule has 2 heteroatoms. The summed E-state index contributed by atoms with van der Waals surface area (Å²) in [6.07, 6.45) is 5.04. The maximum absolute atomic E-state index is 11.1. The van der Waals surface area contributed by atoms with Crippen molar-refractivity contribution >= 4 is 5.91 Å². The van der Waals surface area contributed by atoms with Crippen LogP contribution in [0.5, 0.6) is 0 Å². The molecular formula is C12H23NO. The second-order valence-electron chi connectivity index (χ2n) is 4.61. The van der Waals surface area contributed by atoms with Crippen LogP contribution in [0.2, 0.25) is 0 Å². The number of likely N-dealkylation sites (tertiary alicyclic amines) is 1. The Morgan fingerprint density at radius 1 is 1.43 bits per heavy atom. The van der Waals surface area contributed by atoms with E-state index in [2.05, 4.69) is 13.8 Å². The minimum Gasteiger partial charge on any atom is -0.343 e. The van der Waals surface area contributed by atoms with Crippen LogP contribution in [0.15, 0.2) is 0 Å². The predicted octanol–water partition coefficient (Wildman–Crippen LogP) is 2.68. The molecule has 1 rings (SSSR count). The van der Waals surface area contributed by atoms with Crippen LogP contribution in [0.4, 0.5) is 0 Å². The molecule has 1 fully saturated rings. The van der Waals surface area contributed by atoms with Gasteiger partial charge < -0.3 is 4.90 Å². The van der Waals surface area contributed by atoms with E-state index in [0.29, 0.717) is 0 Å². The quantitative estimate of drug-likeness (QED) is 0.681. The fourth-order valence-electron chi connectivity index (χ4n) is 2.47. The minimum absolute atomic E-state index is 0.242. The van der Waals surface area contributed by atoms with Crippen LogP contribution < -0.4 is 0 Å². The van der Waals surface area contributed by atoms with Gasteiger partial charge in [0.25, 0.3) is 0 Å². The highest BCUT2D eigenvalue weighted by Gasteiger charge is 2.24. The molecule has 0 bridgehead atoms. The number of hydrogen-bond acceptors (Lipinski definition) is 1. The maximum Gasteiger partial charge on any atom is 0.219 e. The minimum atomic E-state index is 0.242. The van der Waals surface area contributed by atoms with Crippen molar-refractivity contribution in [3.05, 3.63) is 0 Å². The van der Waals surface area contributed by atoms with Gasteiger partial charge in [-0.05, 0) is 24.7 Å². The lowest BCUT2D eigenvalue weighted by atomic mass is 9.83. The molecule has 0 N–H and O–H groups in total. The maximum atomic E-state index is 11.1. The Morgan fingerprint density at radius 3 is 2.43 bits per heavy atom. The highest BCUT2D eigenvalue weighted by atomic mass is 16.2. The zero-order valence-electron chi connectivity index (χ0n) is 9.75. The van der Waals surface area contributed by atoms with Crippen molar-refractivity contribution in [3.63, 3.8) is 0 Å². The highest BCUT2D eigenvalue weighted by Crippen LogP contribution is 2.27. The molecule has 0 aliphatic carbocycles. The Hall–Kier alpha value is -0.530. The monoisotopic (exact) mass is 197 g/mol. The molecule has 82 valence electrons. The molecule has 0 saturated carbocycles. The van der Waals surface area contributed by atoms with Crippen LogP contribution in [0.3, 0.4) is 0 Å². The van der Waals surface area contributed by atoms with Gasteiger partial charge in [0.15, 0.2) is 0 Å². The van der Waals surface area contributed by atoms with Gasteiger partial charge in [-0.25, -0.2) is 0 Å². The van der Waals surface area contributed by atoms with Crippen LogP contribution in [0.25, 0.3) is 0 Å². The molecule has 1 amide bonds. The molecule has 1 saturated heterocycles. The second-order valence-corrected chi connectivity index (χ2v) is 4.61. The van der Waals surface area contributed by atoms with Gasteiger partial charge in [0.2, 0.25) is 5.91 Å². The van der Waals surface area contributed by atoms with Gasteiger partial charge in [-0.15, -0.1) is 0 Å². The molecule has 0 aromatic carbocycles. The summed E-state index contributed by atoms with van der Waals surface area (Å²) in [6, 6.07) is 0. The first kappa shape index (κ1) is 11.5. The van der Waals surface area contributed by atoms with Crippen molar-refractivity contribution in [1.29, 1.82) is 0 Å². The van der Waals surface area contributed by atoms with Crippen molar-refractivity contribution in [2.24, 2.45) is 11.8 Å². The van der Waals surface area contributed by atoms with Crippen LogP contribution in [-0.4, -0.2) is 23.9 Å². The average molecular weight is 197 g/mol. The lowest BCUT2D eigenvalue weighted by Crippen LogP contribution is -2.38. The summed E-state index contributed by atoms with van der Waals surface area (Å²) in [5.41, 5.74) is 0. The van der Waals surface area contributed by atoms with Gasteiger partial charge in [-0.1, -0.05) is 26.7 Å². The smallest absolute Gasteiger partial charge is 0.219 e. The van der Waals surface area contributed by atoms with Crippen molar-refractivity contribution in [2.45, 2.75) is 46.5 Å². The summed E-state index contributed by atoms with van der Waals surface area (Å²) in [5.74, 6) is 1.94. The third-order valence-electron chi connectivity index (χ3n) is 3.53. The Kier molecular flexibility index (Phi) is 4.43. The van der Waals surface area contributed by atoms with E-state index >= 15 is 0 Å². The molecule has 1 heterocycles. The Bertz CT molecular complexity index is 183. The Balaban J connectivity index is 2.31. The van der Waals surface area contributed by atoms with E-state index < -0.39 is 0 Å². The molecule has 1 unspecified atom stereocenters. The van der Waals surface area contributed by atoms with Crippen molar-refractivity contribution < 1.29 is 4.79 Å². The Labute approximate surface area is 87.7 Å². The number of rotatable bonds is 3. The largest absolute Gasteiger partial charge is 0.343 e. The summed E-state index contributed by atoms with van der Waals surface area (Å²) < 4.78 is 0. The van der Waals surface area contributed by atoms with Gasteiger partial charge in [0, 0.05) is 20.0 Å². The van der Waals surface area contributed by atoms with Gasteiger partial charge >= 0.3 is 0 Å². The van der Waals surface area contributed by atoms with Crippen molar-refractivity contribution in [2.75, 3.05) is 13.1 Å². The van der Waals surface area contributed by atoms with Crippen molar-refractivity contribution in [3.8, 4) is 0 Å². The van der Waals surface area contributed by atoms with Crippen LogP contribution in [0, 0.1) is 11.8 Å². The number of hydrogen-bond donors (Lipinski definition) is 0. The lowest BCUT2D eigenvalue weighted by Gasteiger charge is -2.34. The standard InChI is InChI=1S/C12H23NO/c1-4-5-10(2)12-6-8-13(9-7-12)11(3)14/h10,12H,4-9H2,1-3H3. The molecule has 1 atom stereocenters. The summed E-state index contributed by atoms with van der Waals surface area (Å²) >= 11 is 0. The summed E-state index contributed by atoms with van der Waals surface area (Å²) in [7, 11) is 0. The highest BCUT2D eigenvalue weighted by molar-refractivity contribution is 5.73. The van der Waals surface area contributed by atoms with E-state index in [9.17, 15) is 4.79 Å². The number of amides is 1. The molecule has 0 spiro atoms. The molecule has 0 radical (unpaired) electrons. The first-order valence-corrected chi connectivity index (χ1v) is 5.90. The van der Waals surface area contributed by atoms with Crippen molar-refractivity contribution in [1.82, 2.24) is 4.90 Å². The van der Waals surface area contributed by atoms with Gasteiger partial charge in [0.05, 0.1) is 0 Å². The molecule has 2 nitrogen and oxygen atoms in total. The average Bonchev–Trinajstić information content (AvgIpc) is 2.18. The third kappa shape index (κ3) is 3.00. The van der Waals surface area contributed by atoms with Gasteiger partial charge in [0.1, 0.15) is 0 Å². The van der Waals surface area contributed by atoms with E-state index in [1.54, 1.807) is 6.92 Å². The topological polar surface area (TPSA) is 20.3 Å². The molecule has 14 heavy (non-hydrogen) atoms. The molecule has 1 aliphatic rings. The van der Waals surface area contributed by atoms with E-state index in [-0.39, 0.29) is 5.91 Å². The van der Waals surface area contributed by atoms with Gasteiger partial charge in [-0.2, -0.15) is 0 Å². The van der Waals surface area contributed by atoms with Crippen LogP contribution in [0.1, 0.15) is 46.5 Å². The van der Waals surface area contributed by atoms with E-state index in [0.717, 1.165) is 24.9 Å². The fourth-order valence-corrected chi connectivity index (χ4v) is 2.47. The number of carbonyl (C=O) groups excluding carboxylic acids is 1. The zero-order chi connectivity index (χ0) is 10.6. The van der Waals surface area contributed by atoms with Crippen LogP contribution in [-0.2, 0) is 4.79 Å². The molecular weight excluding hydrogens is 174 g/mol. The normalized spacial score (nSPS) is 20.9. The molecule has 0 aromatic heterocycles. The summed E-state index contributed by atoms with van der Waals surface area (Å²) in [5, 5.41) is 0. The number of piperidine rings is 1. The van der Waals surface area contributed by atoms with E-state index in [4.69, 9.17) is 0 Å². The van der Waals surface area contributed by atoms with E-state index in [1.165, 1.54) is 25.7 Å². The first-order chi connectivity index (χ1) is 6.65. The second kappa shape index (κ2) is 5.38. The van der Waals surface area contributed by atoms with Gasteiger partial charge in [-0.3, -0.25) is 4.79 Å². The summed E-state index contributed by atoms with van der Waals surface area (Å²) in [4.78, 5) is 13.1. The number of carbonyl (C=O) groups is 1. The fraction of sp³-hybridized carbons (Fsp3) is 0.917. The number of nitrogens with zero attached hydrogens (tertiary/aromatic N) is 1. The lowest BCUT2D eigenvalue weighted by molar-refractivity contribution is -0.130.